The van der Waals surface area contributed by atoms with Crippen LogP contribution in [0, 0.1) is 5.92 Å². The van der Waals surface area contributed by atoms with E-state index in [-0.39, 0.29) is 0 Å². The first-order valence-corrected chi connectivity index (χ1v) is 13.4. The van der Waals surface area contributed by atoms with Gasteiger partial charge in [0.05, 0.1) is 10.5 Å². The fourth-order valence-electron chi connectivity index (χ4n) is 5.34. The third kappa shape index (κ3) is 5.60. The predicted molar refractivity (Wildman–Crippen MR) is 146 cm³/mol. The molecule has 1 saturated heterocycles. The van der Waals surface area contributed by atoms with Crippen molar-refractivity contribution in [3.63, 3.8) is 0 Å². The van der Waals surface area contributed by atoms with E-state index in [0.717, 1.165) is 79.2 Å². The van der Waals surface area contributed by atoms with Gasteiger partial charge in [-0.15, -0.1) is 0 Å². The van der Waals surface area contributed by atoms with Crippen LogP contribution in [0.4, 0.5) is 0 Å². The molecule has 0 amide bonds. The summed E-state index contributed by atoms with van der Waals surface area (Å²) in [6.45, 7) is 16.1. The van der Waals surface area contributed by atoms with Gasteiger partial charge in [0.15, 0.2) is 0 Å². The molecule has 2 heterocycles. The van der Waals surface area contributed by atoms with Crippen molar-refractivity contribution in [2.24, 2.45) is 5.92 Å². The number of nitrogens with zero attached hydrogens (tertiary/aromatic N) is 4. The number of halogens is 1. The summed E-state index contributed by atoms with van der Waals surface area (Å²) in [5.41, 5.74) is 6.98. The van der Waals surface area contributed by atoms with Crippen molar-refractivity contribution in [1.82, 2.24) is 19.7 Å². The zero-order chi connectivity index (χ0) is 24.2. The lowest BCUT2D eigenvalue weighted by molar-refractivity contribution is 0.209. The normalized spacial score (nSPS) is 18.4. The Labute approximate surface area is 211 Å². The molecule has 184 valence electrons. The summed E-state index contributed by atoms with van der Waals surface area (Å²) >= 11 is 6.90. The molecule has 0 N–H and O–H groups in total. The van der Waals surface area contributed by atoms with Gasteiger partial charge >= 0.3 is 0 Å². The summed E-state index contributed by atoms with van der Waals surface area (Å²) < 4.78 is 0. The van der Waals surface area contributed by atoms with E-state index >= 15 is 0 Å². The van der Waals surface area contributed by atoms with E-state index in [9.17, 15) is 0 Å². The molecule has 0 bridgehead atoms. The molecule has 1 aliphatic carbocycles. The predicted octanol–water partition coefficient (Wildman–Crippen LogP) is 6.24. The maximum atomic E-state index is 6.90. The lowest BCUT2D eigenvalue weighted by atomic mass is 9.84. The summed E-state index contributed by atoms with van der Waals surface area (Å²) in [5.74, 6) is 0.692. The number of fused-ring (bicyclic) bond motifs is 2. The first-order valence-electron chi connectivity index (χ1n) is 13.0. The molecule has 1 aromatic carbocycles. The van der Waals surface area contributed by atoms with Gasteiger partial charge in [0.1, 0.15) is 0 Å². The Balaban J connectivity index is 1.47. The molecular weight excluding hydrogens is 440 g/mol. The summed E-state index contributed by atoms with van der Waals surface area (Å²) in [7, 11) is 4.30. The minimum absolute atomic E-state index is 0.692. The zero-order valence-corrected chi connectivity index (χ0v) is 22.1. The first-order chi connectivity index (χ1) is 16.4. The molecule has 0 radical (unpaired) electrons. The molecule has 1 fully saturated rings. The zero-order valence-electron chi connectivity index (χ0n) is 21.4. The van der Waals surface area contributed by atoms with E-state index in [2.05, 4.69) is 67.1 Å². The molecule has 0 spiro atoms. The molecule has 1 unspecified atom stereocenters. The van der Waals surface area contributed by atoms with Crippen LogP contribution in [0.25, 0.3) is 16.6 Å². The molecular formula is C29H41ClN4. The highest BCUT2D eigenvalue weighted by molar-refractivity contribution is 6.36. The number of benzene rings is 1. The standard InChI is InChI=1S/C29H41ClN4/c1-6-7-8-21(2)33-15-17-34(18-16-33)22(3)24-10-12-26-28(20-24)31-27-19-23(13-14-32(4)5)9-11-25(27)29(26)30/h10,12,20,23H,2-3,6-9,11,13-19H2,1,4-5H3. The Morgan fingerprint density at radius 1 is 1.15 bits per heavy atom. The van der Waals surface area contributed by atoms with Gasteiger partial charge in [0, 0.05) is 48.7 Å². The minimum atomic E-state index is 0.692. The number of rotatable bonds is 9. The molecule has 34 heavy (non-hydrogen) atoms. The van der Waals surface area contributed by atoms with E-state index in [1.807, 2.05) is 0 Å². The fourth-order valence-corrected chi connectivity index (χ4v) is 5.70. The SMILES string of the molecule is C=C(CCCC)N1CCN(C(=C)c2ccc3c(Cl)c4c(nc3c2)CC(CCN(C)C)CC4)CC1. The number of hydrogen-bond donors (Lipinski definition) is 0. The maximum Gasteiger partial charge on any atom is 0.0727 e. The van der Waals surface area contributed by atoms with Crippen molar-refractivity contribution in [3.05, 3.63) is 58.9 Å². The molecule has 1 atom stereocenters. The van der Waals surface area contributed by atoms with E-state index < -0.39 is 0 Å². The summed E-state index contributed by atoms with van der Waals surface area (Å²) in [4.78, 5) is 12.3. The fraction of sp³-hybridized carbons (Fsp3) is 0.552. The van der Waals surface area contributed by atoms with Crippen LogP contribution in [0.1, 0.15) is 55.8 Å². The van der Waals surface area contributed by atoms with Gasteiger partial charge < -0.3 is 14.7 Å². The van der Waals surface area contributed by atoms with Gasteiger partial charge in [-0.3, -0.25) is 4.98 Å². The van der Waals surface area contributed by atoms with Crippen LogP contribution in [0.3, 0.4) is 0 Å². The second-order valence-corrected chi connectivity index (χ2v) is 10.8. The number of hydrogen-bond acceptors (Lipinski definition) is 4. The monoisotopic (exact) mass is 480 g/mol. The topological polar surface area (TPSA) is 22.6 Å². The van der Waals surface area contributed by atoms with E-state index in [1.165, 1.54) is 42.6 Å². The molecule has 4 nitrogen and oxygen atoms in total. The lowest BCUT2D eigenvalue weighted by Gasteiger charge is -2.39. The van der Waals surface area contributed by atoms with E-state index in [1.54, 1.807) is 0 Å². The highest BCUT2D eigenvalue weighted by atomic mass is 35.5. The number of aromatic nitrogens is 1. The number of allylic oxidation sites excluding steroid dienone is 1. The Morgan fingerprint density at radius 2 is 1.88 bits per heavy atom. The highest BCUT2D eigenvalue weighted by Crippen LogP contribution is 2.36. The van der Waals surface area contributed by atoms with Crippen LogP contribution in [0.15, 0.2) is 37.1 Å². The summed E-state index contributed by atoms with van der Waals surface area (Å²) in [6.07, 6.45) is 8.05. The lowest BCUT2D eigenvalue weighted by Crippen LogP contribution is -2.44. The van der Waals surface area contributed by atoms with Gasteiger partial charge in [0.2, 0.25) is 0 Å². The van der Waals surface area contributed by atoms with Crippen LogP contribution in [-0.4, -0.2) is 66.5 Å². The Bertz CT molecular complexity index is 1040. The van der Waals surface area contributed by atoms with Crippen molar-refractivity contribution in [2.75, 3.05) is 46.8 Å². The van der Waals surface area contributed by atoms with E-state index in [0.29, 0.717) is 5.92 Å². The third-order valence-electron chi connectivity index (χ3n) is 7.63. The van der Waals surface area contributed by atoms with Crippen LogP contribution < -0.4 is 0 Å². The van der Waals surface area contributed by atoms with Gasteiger partial charge in [-0.2, -0.15) is 0 Å². The Hall–Kier alpha value is -2.04. The largest absolute Gasteiger partial charge is 0.372 e. The Kier molecular flexibility index (Phi) is 8.21. The number of pyridine rings is 1. The number of unbranched alkanes of at least 4 members (excludes halogenated alkanes) is 1. The molecule has 2 aliphatic rings. The minimum Gasteiger partial charge on any atom is -0.372 e. The van der Waals surface area contributed by atoms with Crippen LogP contribution in [-0.2, 0) is 12.8 Å². The smallest absolute Gasteiger partial charge is 0.0727 e. The quantitative estimate of drug-likeness (QED) is 0.423. The van der Waals surface area contributed by atoms with Crippen molar-refractivity contribution < 1.29 is 0 Å². The molecule has 5 heteroatoms. The second-order valence-electron chi connectivity index (χ2n) is 10.4. The second kappa shape index (κ2) is 11.1. The third-order valence-corrected chi connectivity index (χ3v) is 8.06. The molecule has 1 aliphatic heterocycles. The van der Waals surface area contributed by atoms with Gasteiger partial charge in [0.25, 0.3) is 0 Å². The molecule has 1 aromatic heterocycles. The van der Waals surface area contributed by atoms with Crippen molar-refractivity contribution in [1.29, 1.82) is 0 Å². The van der Waals surface area contributed by atoms with Gasteiger partial charge in [-0.1, -0.05) is 50.2 Å². The average Bonchev–Trinajstić information content (AvgIpc) is 2.85. The van der Waals surface area contributed by atoms with Crippen molar-refractivity contribution >= 4 is 28.2 Å². The van der Waals surface area contributed by atoms with Crippen LogP contribution in [0.5, 0.6) is 0 Å². The summed E-state index contributed by atoms with van der Waals surface area (Å²) in [5, 5.41) is 1.98. The molecule has 4 rings (SSSR count). The first kappa shape index (κ1) is 25.1. The van der Waals surface area contributed by atoms with Crippen LogP contribution in [0.2, 0.25) is 5.02 Å². The highest BCUT2D eigenvalue weighted by Gasteiger charge is 2.24. The van der Waals surface area contributed by atoms with E-state index in [4.69, 9.17) is 16.6 Å². The van der Waals surface area contributed by atoms with Crippen molar-refractivity contribution in [2.45, 2.75) is 51.9 Å². The van der Waals surface area contributed by atoms with Gasteiger partial charge in [-0.25, -0.2) is 0 Å². The molecule has 0 saturated carbocycles. The Morgan fingerprint density at radius 3 is 2.59 bits per heavy atom. The average molecular weight is 481 g/mol. The maximum absolute atomic E-state index is 6.90. The van der Waals surface area contributed by atoms with Crippen molar-refractivity contribution in [3.8, 4) is 0 Å². The van der Waals surface area contributed by atoms with Gasteiger partial charge in [-0.05, 0) is 82.3 Å². The summed E-state index contributed by atoms with van der Waals surface area (Å²) in [6, 6.07) is 6.51. The number of piperazine rings is 1. The van der Waals surface area contributed by atoms with Crippen LogP contribution >= 0.6 is 11.6 Å². The molecule has 2 aromatic rings.